The fourth-order valence-electron chi connectivity index (χ4n) is 2.58. The normalized spacial score (nSPS) is 16.5. The molecule has 0 atom stereocenters. The monoisotopic (exact) mass is 263 g/mol. The van der Waals surface area contributed by atoms with Gasteiger partial charge < -0.3 is 15.2 Å². The van der Waals surface area contributed by atoms with Gasteiger partial charge in [-0.1, -0.05) is 31.4 Å². The van der Waals surface area contributed by atoms with E-state index in [1.807, 2.05) is 24.3 Å². The summed E-state index contributed by atoms with van der Waals surface area (Å²) in [6, 6.07) is 7.92. The van der Waals surface area contributed by atoms with Gasteiger partial charge in [0.2, 0.25) is 0 Å². The zero-order valence-corrected chi connectivity index (χ0v) is 11.6. The molecule has 0 bridgehead atoms. The van der Waals surface area contributed by atoms with Gasteiger partial charge in [-0.15, -0.1) is 0 Å². The van der Waals surface area contributed by atoms with Crippen LogP contribution < -0.4 is 10.5 Å². The van der Waals surface area contributed by atoms with Gasteiger partial charge in [-0.3, -0.25) is 0 Å². The third-order valence-corrected chi connectivity index (χ3v) is 3.71. The summed E-state index contributed by atoms with van der Waals surface area (Å²) in [5.74, 6) is 1.65. The Bertz CT molecular complexity index is 362. The Morgan fingerprint density at radius 3 is 2.74 bits per heavy atom. The van der Waals surface area contributed by atoms with E-state index in [-0.39, 0.29) is 0 Å². The smallest absolute Gasteiger partial charge is 0.119 e. The van der Waals surface area contributed by atoms with Gasteiger partial charge in [-0.25, -0.2) is 0 Å². The standard InChI is InChI=1S/C16H25NO2/c17-12-15-7-4-8-16(11-15)19-10-9-18-13-14-5-2-1-3-6-14/h4,7-8,11,14H,1-3,5-6,9-10,12-13,17H2. The van der Waals surface area contributed by atoms with Crippen LogP contribution in [0.1, 0.15) is 37.7 Å². The molecule has 2 N–H and O–H groups in total. The second-order valence-electron chi connectivity index (χ2n) is 5.28. The largest absolute Gasteiger partial charge is 0.491 e. The summed E-state index contributed by atoms with van der Waals surface area (Å²) in [6.45, 7) is 2.73. The summed E-state index contributed by atoms with van der Waals surface area (Å²) in [4.78, 5) is 0. The van der Waals surface area contributed by atoms with Gasteiger partial charge in [-0.05, 0) is 36.5 Å². The molecule has 2 rings (SSSR count). The number of nitrogens with two attached hydrogens (primary N) is 1. The lowest BCUT2D eigenvalue weighted by Crippen LogP contribution is -2.16. The molecule has 0 amide bonds. The minimum atomic E-state index is 0.551. The van der Waals surface area contributed by atoms with E-state index in [0.717, 1.165) is 23.8 Å². The first-order chi connectivity index (χ1) is 9.38. The summed E-state index contributed by atoms with van der Waals surface area (Å²) >= 11 is 0. The van der Waals surface area contributed by atoms with E-state index in [0.29, 0.717) is 19.8 Å². The molecule has 1 aliphatic carbocycles. The summed E-state index contributed by atoms with van der Waals surface area (Å²) in [5.41, 5.74) is 6.70. The van der Waals surface area contributed by atoms with Crippen LogP contribution in [0.3, 0.4) is 0 Å². The van der Waals surface area contributed by atoms with Gasteiger partial charge in [0.05, 0.1) is 6.61 Å². The molecule has 0 spiro atoms. The number of ether oxygens (including phenoxy) is 2. The van der Waals surface area contributed by atoms with Gasteiger partial charge in [0.25, 0.3) is 0 Å². The molecule has 0 saturated heterocycles. The fourth-order valence-corrected chi connectivity index (χ4v) is 2.58. The lowest BCUT2D eigenvalue weighted by atomic mass is 9.90. The minimum absolute atomic E-state index is 0.551. The highest BCUT2D eigenvalue weighted by Crippen LogP contribution is 2.23. The van der Waals surface area contributed by atoms with Crippen LogP contribution in [0, 0.1) is 5.92 Å². The van der Waals surface area contributed by atoms with Crippen molar-refractivity contribution in [2.24, 2.45) is 11.7 Å². The van der Waals surface area contributed by atoms with Crippen molar-refractivity contribution in [3.05, 3.63) is 29.8 Å². The Morgan fingerprint density at radius 2 is 1.95 bits per heavy atom. The molecule has 106 valence electrons. The third kappa shape index (κ3) is 5.21. The fraction of sp³-hybridized carbons (Fsp3) is 0.625. The second-order valence-corrected chi connectivity index (χ2v) is 5.28. The van der Waals surface area contributed by atoms with Crippen LogP contribution in [0.25, 0.3) is 0 Å². The molecule has 0 aliphatic heterocycles. The highest BCUT2D eigenvalue weighted by atomic mass is 16.5. The van der Waals surface area contributed by atoms with E-state index in [1.165, 1.54) is 32.1 Å². The molecule has 0 unspecified atom stereocenters. The number of hydrogen-bond donors (Lipinski definition) is 1. The Hall–Kier alpha value is -1.06. The van der Waals surface area contributed by atoms with Crippen molar-refractivity contribution in [1.29, 1.82) is 0 Å². The molecule has 19 heavy (non-hydrogen) atoms. The van der Waals surface area contributed by atoms with Gasteiger partial charge in [0.15, 0.2) is 0 Å². The Kier molecular flexibility index (Phi) is 6.18. The predicted molar refractivity (Wildman–Crippen MR) is 77.2 cm³/mol. The number of benzene rings is 1. The second kappa shape index (κ2) is 8.18. The van der Waals surface area contributed by atoms with Gasteiger partial charge >= 0.3 is 0 Å². The first-order valence-electron chi connectivity index (χ1n) is 7.38. The van der Waals surface area contributed by atoms with Gasteiger partial charge in [0, 0.05) is 13.2 Å². The van der Waals surface area contributed by atoms with Crippen LogP contribution in [0.15, 0.2) is 24.3 Å². The molecule has 0 heterocycles. The molecular weight excluding hydrogens is 238 g/mol. The van der Waals surface area contributed by atoms with E-state index in [4.69, 9.17) is 15.2 Å². The third-order valence-electron chi connectivity index (χ3n) is 3.71. The van der Waals surface area contributed by atoms with Crippen molar-refractivity contribution < 1.29 is 9.47 Å². The average Bonchev–Trinajstić information content (AvgIpc) is 2.48. The lowest BCUT2D eigenvalue weighted by Gasteiger charge is -2.21. The molecule has 1 aliphatic rings. The molecule has 3 heteroatoms. The van der Waals surface area contributed by atoms with E-state index >= 15 is 0 Å². The SMILES string of the molecule is NCc1cccc(OCCOCC2CCCCC2)c1. The Labute approximate surface area is 116 Å². The topological polar surface area (TPSA) is 44.5 Å². The van der Waals surface area contributed by atoms with E-state index in [9.17, 15) is 0 Å². The van der Waals surface area contributed by atoms with Gasteiger partial charge in [0.1, 0.15) is 12.4 Å². The minimum Gasteiger partial charge on any atom is -0.491 e. The van der Waals surface area contributed by atoms with Crippen LogP contribution in [-0.2, 0) is 11.3 Å². The van der Waals surface area contributed by atoms with Crippen molar-refractivity contribution >= 4 is 0 Å². The zero-order chi connectivity index (χ0) is 13.3. The van der Waals surface area contributed by atoms with Crippen LogP contribution >= 0.6 is 0 Å². The Morgan fingerprint density at radius 1 is 1.11 bits per heavy atom. The molecule has 0 radical (unpaired) electrons. The van der Waals surface area contributed by atoms with Crippen LogP contribution in [-0.4, -0.2) is 19.8 Å². The first kappa shape index (κ1) is 14.4. The maximum Gasteiger partial charge on any atom is 0.119 e. The van der Waals surface area contributed by atoms with Crippen molar-refractivity contribution in [2.75, 3.05) is 19.8 Å². The molecule has 1 fully saturated rings. The van der Waals surface area contributed by atoms with Crippen molar-refractivity contribution in [3.63, 3.8) is 0 Å². The number of hydrogen-bond acceptors (Lipinski definition) is 3. The molecular formula is C16H25NO2. The first-order valence-corrected chi connectivity index (χ1v) is 7.38. The molecule has 3 nitrogen and oxygen atoms in total. The maximum absolute atomic E-state index is 5.70. The summed E-state index contributed by atoms with van der Waals surface area (Å²) in [5, 5.41) is 0. The average molecular weight is 263 g/mol. The maximum atomic E-state index is 5.70. The molecule has 1 saturated carbocycles. The van der Waals surface area contributed by atoms with E-state index in [2.05, 4.69) is 0 Å². The van der Waals surface area contributed by atoms with Crippen LogP contribution in [0.4, 0.5) is 0 Å². The van der Waals surface area contributed by atoms with Crippen molar-refractivity contribution in [2.45, 2.75) is 38.6 Å². The summed E-state index contributed by atoms with van der Waals surface area (Å²) in [7, 11) is 0. The summed E-state index contributed by atoms with van der Waals surface area (Å²) in [6.07, 6.45) is 6.81. The lowest BCUT2D eigenvalue weighted by molar-refractivity contribution is 0.0635. The zero-order valence-electron chi connectivity index (χ0n) is 11.6. The number of rotatable bonds is 7. The highest BCUT2D eigenvalue weighted by Gasteiger charge is 2.12. The van der Waals surface area contributed by atoms with E-state index < -0.39 is 0 Å². The summed E-state index contributed by atoms with van der Waals surface area (Å²) < 4.78 is 11.4. The van der Waals surface area contributed by atoms with Crippen molar-refractivity contribution in [3.8, 4) is 5.75 Å². The molecule has 0 aromatic heterocycles. The van der Waals surface area contributed by atoms with Crippen molar-refractivity contribution in [1.82, 2.24) is 0 Å². The Balaban J connectivity index is 1.58. The predicted octanol–water partition coefficient (Wildman–Crippen LogP) is 3.12. The highest BCUT2D eigenvalue weighted by molar-refractivity contribution is 5.28. The van der Waals surface area contributed by atoms with E-state index in [1.54, 1.807) is 0 Å². The van der Waals surface area contributed by atoms with Crippen LogP contribution in [0.5, 0.6) is 5.75 Å². The quantitative estimate of drug-likeness (QED) is 0.769. The molecule has 1 aromatic carbocycles. The molecule has 1 aromatic rings. The van der Waals surface area contributed by atoms with Gasteiger partial charge in [-0.2, -0.15) is 0 Å². The van der Waals surface area contributed by atoms with Crippen LogP contribution in [0.2, 0.25) is 0 Å².